The van der Waals surface area contributed by atoms with E-state index in [0.717, 1.165) is 16.7 Å². The molecular weight excluding hydrogens is 595 g/mol. The van der Waals surface area contributed by atoms with E-state index in [0.29, 0.717) is 17.5 Å². The van der Waals surface area contributed by atoms with Crippen LogP contribution >= 0.6 is 0 Å². The molecule has 1 aromatic heterocycles. The number of fused-ring (bicyclic) bond motifs is 1. The van der Waals surface area contributed by atoms with Crippen LogP contribution in [0.15, 0.2) is 176 Å². The molecule has 0 aliphatic carbocycles. The van der Waals surface area contributed by atoms with Gasteiger partial charge in [-0.2, -0.15) is 0 Å². The molecule has 234 valence electrons. The van der Waals surface area contributed by atoms with E-state index in [1.807, 2.05) is 60.7 Å². The summed E-state index contributed by atoms with van der Waals surface area (Å²) in [7, 11) is 0. The lowest BCUT2D eigenvalue weighted by Crippen LogP contribution is -2.18. The van der Waals surface area contributed by atoms with Crippen molar-refractivity contribution >= 4 is 10.8 Å². The molecule has 0 atom stereocenters. The number of rotatable bonds is 7. The van der Waals surface area contributed by atoms with Gasteiger partial charge in [-0.05, 0) is 50.2 Å². The molecule has 8 rings (SSSR count). The normalized spacial score (nSPS) is 11.5. The van der Waals surface area contributed by atoms with E-state index in [4.69, 9.17) is 15.0 Å². The summed E-state index contributed by atoms with van der Waals surface area (Å²) in [5.41, 5.74) is 10.1. The Balaban J connectivity index is 1.08. The van der Waals surface area contributed by atoms with Gasteiger partial charge in [-0.1, -0.05) is 184 Å². The quantitative estimate of drug-likeness (QED) is 0.176. The fraction of sp³-hybridized carbons (Fsp3) is 0.0652. The molecule has 7 aromatic carbocycles. The second-order valence-electron chi connectivity index (χ2n) is 12.9. The van der Waals surface area contributed by atoms with Gasteiger partial charge in [0, 0.05) is 22.1 Å². The summed E-state index contributed by atoms with van der Waals surface area (Å²) in [5, 5.41) is 2.53. The third-order valence-corrected chi connectivity index (χ3v) is 9.47. The summed E-state index contributed by atoms with van der Waals surface area (Å²) in [6.45, 7) is 4.56. The van der Waals surface area contributed by atoms with Gasteiger partial charge >= 0.3 is 0 Å². The van der Waals surface area contributed by atoms with Crippen LogP contribution in [-0.4, -0.2) is 15.0 Å². The van der Waals surface area contributed by atoms with E-state index < -0.39 is 0 Å². The zero-order chi connectivity index (χ0) is 33.2. The molecule has 3 heteroatoms. The van der Waals surface area contributed by atoms with Crippen molar-refractivity contribution in [3.05, 3.63) is 187 Å². The van der Waals surface area contributed by atoms with Crippen molar-refractivity contribution in [3.8, 4) is 56.4 Å². The molecular formula is C46H35N3. The maximum absolute atomic E-state index is 4.91. The Kier molecular flexibility index (Phi) is 7.87. The van der Waals surface area contributed by atoms with Gasteiger partial charge < -0.3 is 0 Å². The fourth-order valence-electron chi connectivity index (χ4n) is 6.56. The molecule has 49 heavy (non-hydrogen) atoms. The molecule has 0 amide bonds. The van der Waals surface area contributed by atoms with E-state index >= 15 is 0 Å². The second kappa shape index (κ2) is 12.8. The molecule has 0 aliphatic rings. The minimum atomic E-state index is -0.203. The van der Waals surface area contributed by atoms with Crippen molar-refractivity contribution in [1.29, 1.82) is 0 Å². The van der Waals surface area contributed by atoms with Gasteiger partial charge in [0.15, 0.2) is 17.5 Å². The highest BCUT2D eigenvalue weighted by Gasteiger charge is 2.23. The first kappa shape index (κ1) is 30.2. The van der Waals surface area contributed by atoms with Crippen LogP contribution in [0.5, 0.6) is 0 Å². The van der Waals surface area contributed by atoms with Crippen molar-refractivity contribution in [2.24, 2.45) is 0 Å². The largest absolute Gasteiger partial charge is 0.208 e. The first-order chi connectivity index (χ1) is 24.0. The smallest absolute Gasteiger partial charge is 0.164 e. The van der Waals surface area contributed by atoms with E-state index in [2.05, 4.69) is 129 Å². The Hall–Kier alpha value is -6.19. The van der Waals surface area contributed by atoms with Crippen LogP contribution in [0.4, 0.5) is 0 Å². The Morgan fingerprint density at radius 2 is 0.776 bits per heavy atom. The second-order valence-corrected chi connectivity index (χ2v) is 12.9. The number of aromatic nitrogens is 3. The van der Waals surface area contributed by atoms with E-state index in [9.17, 15) is 0 Å². The molecule has 0 N–H and O–H groups in total. The summed E-state index contributed by atoms with van der Waals surface area (Å²) in [5.74, 6) is 1.99. The zero-order valence-corrected chi connectivity index (χ0v) is 27.6. The lowest BCUT2D eigenvalue weighted by molar-refractivity contribution is 0.641. The Bertz CT molecular complexity index is 2320. The molecule has 0 radical (unpaired) electrons. The molecule has 0 aliphatic heterocycles. The Morgan fingerprint density at radius 3 is 1.37 bits per heavy atom. The predicted molar refractivity (Wildman–Crippen MR) is 203 cm³/mol. The summed E-state index contributed by atoms with van der Waals surface area (Å²) in [4.78, 5) is 14.6. The maximum Gasteiger partial charge on any atom is 0.164 e. The van der Waals surface area contributed by atoms with Gasteiger partial charge in [-0.25, -0.2) is 15.0 Å². The van der Waals surface area contributed by atoms with Crippen LogP contribution in [0, 0.1) is 0 Å². The third-order valence-electron chi connectivity index (χ3n) is 9.47. The lowest BCUT2D eigenvalue weighted by atomic mass is 9.77. The van der Waals surface area contributed by atoms with Gasteiger partial charge in [0.05, 0.1) is 0 Å². The van der Waals surface area contributed by atoms with Crippen molar-refractivity contribution in [2.45, 2.75) is 19.3 Å². The first-order valence-corrected chi connectivity index (χ1v) is 16.7. The number of benzene rings is 7. The van der Waals surface area contributed by atoms with Crippen LogP contribution in [-0.2, 0) is 5.41 Å². The van der Waals surface area contributed by atoms with Gasteiger partial charge in [0.25, 0.3) is 0 Å². The molecule has 8 aromatic rings. The molecule has 0 spiro atoms. The number of hydrogen-bond donors (Lipinski definition) is 0. The first-order valence-electron chi connectivity index (χ1n) is 16.7. The van der Waals surface area contributed by atoms with Crippen molar-refractivity contribution in [1.82, 2.24) is 15.0 Å². The van der Waals surface area contributed by atoms with Crippen LogP contribution in [0.2, 0.25) is 0 Å². The molecule has 0 unspecified atom stereocenters. The lowest BCUT2D eigenvalue weighted by Gasteiger charge is -2.26. The Labute approximate surface area is 287 Å². The topological polar surface area (TPSA) is 38.7 Å². The van der Waals surface area contributed by atoms with Crippen molar-refractivity contribution in [2.75, 3.05) is 0 Å². The average Bonchev–Trinajstić information content (AvgIpc) is 3.18. The molecule has 0 saturated heterocycles. The monoisotopic (exact) mass is 629 g/mol. The number of nitrogens with zero attached hydrogens (tertiary/aromatic N) is 3. The summed E-state index contributed by atoms with van der Waals surface area (Å²) < 4.78 is 0. The van der Waals surface area contributed by atoms with Crippen molar-refractivity contribution < 1.29 is 0 Å². The highest BCUT2D eigenvalue weighted by Crippen LogP contribution is 2.36. The van der Waals surface area contributed by atoms with Gasteiger partial charge in [0.1, 0.15) is 0 Å². The van der Waals surface area contributed by atoms with E-state index in [1.54, 1.807) is 0 Å². The third kappa shape index (κ3) is 6.03. The molecule has 0 bridgehead atoms. The minimum absolute atomic E-state index is 0.203. The van der Waals surface area contributed by atoms with Gasteiger partial charge in [-0.15, -0.1) is 0 Å². The van der Waals surface area contributed by atoms with Gasteiger partial charge in [0.2, 0.25) is 0 Å². The average molecular weight is 630 g/mol. The summed E-state index contributed by atoms with van der Waals surface area (Å²) >= 11 is 0. The molecule has 3 nitrogen and oxygen atoms in total. The van der Waals surface area contributed by atoms with Gasteiger partial charge in [-0.3, -0.25) is 0 Å². The van der Waals surface area contributed by atoms with Crippen LogP contribution in [0.3, 0.4) is 0 Å². The zero-order valence-electron chi connectivity index (χ0n) is 27.6. The Morgan fingerprint density at radius 1 is 0.347 bits per heavy atom. The van der Waals surface area contributed by atoms with E-state index in [1.165, 1.54) is 44.2 Å². The maximum atomic E-state index is 4.91. The fourth-order valence-corrected chi connectivity index (χ4v) is 6.56. The predicted octanol–water partition coefficient (Wildman–Crippen LogP) is 11.7. The highest BCUT2D eigenvalue weighted by molar-refractivity contribution is 5.97. The number of hydrogen-bond acceptors (Lipinski definition) is 3. The summed E-state index contributed by atoms with van der Waals surface area (Å²) in [6, 6.07) is 61.8. The van der Waals surface area contributed by atoms with E-state index in [-0.39, 0.29) is 5.41 Å². The molecule has 0 fully saturated rings. The molecule has 1 heterocycles. The standard InChI is InChI=1S/C46H35N3/c1-46(2,39-27-23-32(24-28-39)37-19-11-20-38(31-37)42-22-12-18-33-13-9-10-21-41(33)42)40-29-25-36(26-30-40)45-48-43(34-14-5-3-6-15-34)47-44(49-45)35-16-7-4-8-17-35/h3-31H,1-2H3. The van der Waals surface area contributed by atoms with Crippen LogP contribution in [0.1, 0.15) is 25.0 Å². The summed E-state index contributed by atoms with van der Waals surface area (Å²) in [6.07, 6.45) is 0. The van der Waals surface area contributed by atoms with Crippen molar-refractivity contribution in [3.63, 3.8) is 0 Å². The van der Waals surface area contributed by atoms with Crippen LogP contribution in [0.25, 0.3) is 67.2 Å². The van der Waals surface area contributed by atoms with Crippen LogP contribution < -0.4 is 0 Å². The highest BCUT2D eigenvalue weighted by atomic mass is 15.0. The minimum Gasteiger partial charge on any atom is -0.208 e. The SMILES string of the molecule is CC(C)(c1ccc(-c2cccc(-c3cccc4ccccc34)c2)cc1)c1ccc(-c2nc(-c3ccccc3)nc(-c3ccccc3)n2)cc1. The molecule has 0 saturated carbocycles.